The number of rotatable bonds is 12. The Balaban J connectivity index is 1.99. The number of nitrogens with zero attached hydrogens (tertiary/aromatic N) is 2. The Labute approximate surface area is 195 Å². The standard InChI is InChI=1S/C21H27N4O6PS/c1-5-29-20(26)18(25-28-4)17-13-33-21(23-17)24-19(32(27,30-6-2)31-7-3)16-12-14-10-8-9-11-15(14)22-16/h8-13,19,22H,5-7H2,1-4H3,(H,23,24)/b25-18+. The van der Waals surface area contributed by atoms with Crippen LogP contribution in [0.25, 0.3) is 10.9 Å². The van der Waals surface area contributed by atoms with Crippen molar-refractivity contribution >= 4 is 46.6 Å². The molecule has 3 aromatic rings. The number of fused-ring (bicyclic) bond motifs is 1. The van der Waals surface area contributed by atoms with Gasteiger partial charge < -0.3 is 28.9 Å². The minimum absolute atomic E-state index is 0.0661. The molecule has 0 radical (unpaired) electrons. The van der Waals surface area contributed by atoms with Crippen molar-refractivity contribution in [1.82, 2.24) is 9.97 Å². The third-order valence-corrected chi connectivity index (χ3v) is 7.49. The van der Waals surface area contributed by atoms with Gasteiger partial charge in [0.15, 0.2) is 10.9 Å². The molecule has 0 aliphatic carbocycles. The number of oxime groups is 1. The number of benzene rings is 1. The van der Waals surface area contributed by atoms with E-state index in [1.54, 1.807) is 26.2 Å². The molecule has 2 N–H and O–H groups in total. The van der Waals surface area contributed by atoms with E-state index in [0.717, 1.165) is 10.9 Å². The topological polar surface area (TPSA) is 124 Å². The highest BCUT2D eigenvalue weighted by Gasteiger charge is 2.39. The van der Waals surface area contributed by atoms with Crippen LogP contribution in [0.15, 0.2) is 40.9 Å². The number of hydrogen-bond acceptors (Lipinski definition) is 10. The second kappa shape index (κ2) is 11.4. The zero-order valence-corrected chi connectivity index (χ0v) is 20.6. The van der Waals surface area contributed by atoms with Crippen LogP contribution < -0.4 is 5.32 Å². The van der Waals surface area contributed by atoms with Crippen LogP contribution >= 0.6 is 18.9 Å². The van der Waals surface area contributed by atoms with Crippen molar-refractivity contribution in [3.63, 3.8) is 0 Å². The van der Waals surface area contributed by atoms with Gasteiger partial charge in [-0.1, -0.05) is 23.4 Å². The van der Waals surface area contributed by atoms with Crippen LogP contribution in [-0.2, 0) is 28.0 Å². The van der Waals surface area contributed by atoms with Crippen molar-refractivity contribution in [2.45, 2.75) is 26.6 Å². The molecule has 33 heavy (non-hydrogen) atoms. The predicted molar refractivity (Wildman–Crippen MR) is 128 cm³/mol. The van der Waals surface area contributed by atoms with Gasteiger partial charge in [0.05, 0.1) is 25.5 Å². The lowest BCUT2D eigenvalue weighted by Gasteiger charge is -2.26. The Kier molecular flexibility index (Phi) is 8.62. The zero-order chi connectivity index (χ0) is 23.8. The van der Waals surface area contributed by atoms with Gasteiger partial charge in [-0.15, -0.1) is 11.3 Å². The first-order chi connectivity index (χ1) is 16.0. The van der Waals surface area contributed by atoms with Crippen molar-refractivity contribution in [2.75, 3.05) is 32.2 Å². The van der Waals surface area contributed by atoms with Crippen molar-refractivity contribution in [1.29, 1.82) is 0 Å². The fourth-order valence-electron chi connectivity index (χ4n) is 3.16. The van der Waals surface area contributed by atoms with Crippen molar-refractivity contribution < 1.29 is 28.0 Å². The molecule has 0 spiro atoms. The molecule has 0 aliphatic heterocycles. The molecule has 0 fully saturated rings. The SMILES string of the molecule is CCOC(=O)/C(=N/OC)c1csc(NC(c2cc3ccccc3[nH]2)P(=O)(OCC)OCC)n1. The van der Waals surface area contributed by atoms with Crippen molar-refractivity contribution in [3.8, 4) is 0 Å². The first kappa shape index (κ1) is 24.9. The smallest absolute Gasteiger partial charge is 0.362 e. The highest BCUT2D eigenvalue weighted by Crippen LogP contribution is 2.60. The van der Waals surface area contributed by atoms with Gasteiger partial charge in [-0.05, 0) is 38.3 Å². The molecule has 0 saturated heterocycles. The van der Waals surface area contributed by atoms with E-state index in [0.29, 0.717) is 10.8 Å². The van der Waals surface area contributed by atoms with E-state index >= 15 is 0 Å². The summed E-state index contributed by atoms with van der Waals surface area (Å²) in [4.78, 5) is 24.7. The van der Waals surface area contributed by atoms with Crippen LogP contribution in [0.4, 0.5) is 5.13 Å². The molecule has 1 aromatic carbocycles. The van der Waals surface area contributed by atoms with Gasteiger partial charge in [-0.2, -0.15) is 0 Å². The average Bonchev–Trinajstić information content (AvgIpc) is 3.43. The van der Waals surface area contributed by atoms with E-state index in [9.17, 15) is 9.36 Å². The number of ether oxygens (including phenoxy) is 1. The first-order valence-electron chi connectivity index (χ1n) is 10.4. The second-order valence-electron chi connectivity index (χ2n) is 6.62. The number of carbonyl (C=O) groups is 1. The molecule has 178 valence electrons. The summed E-state index contributed by atoms with van der Waals surface area (Å²) in [5.74, 6) is -1.52. The summed E-state index contributed by atoms with van der Waals surface area (Å²) >= 11 is 1.21. The number of aromatic nitrogens is 2. The summed E-state index contributed by atoms with van der Waals surface area (Å²) < 4.78 is 30.0. The third-order valence-electron chi connectivity index (χ3n) is 4.44. The molecular weight excluding hydrogens is 467 g/mol. The van der Waals surface area contributed by atoms with Gasteiger partial charge in [0.1, 0.15) is 12.8 Å². The van der Waals surface area contributed by atoms with E-state index in [1.807, 2.05) is 30.3 Å². The maximum Gasteiger partial charge on any atom is 0.362 e. The summed E-state index contributed by atoms with van der Waals surface area (Å²) in [6, 6.07) is 9.60. The van der Waals surface area contributed by atoms with E-state index in [4.69, 9.17) is 18.6 Å². The first-order valence-corrected chi connectivity index (χ1v) is 12.9. The fraction of sp³-hybridized carbons (Fsp3) is 0.381. The minimum atomic E-state index is -3.65. The van der Waals surface area contributed by atoms with Crippen LogP contribution in [0.2, 0.25) is 0 Å². The average molecular weight is 495 g/mol. The van der Waals surface area contributed by atoms with Gasteiger partial charge in [0.25, 0.3) is 0 Å². The summed E-state index contributed by atoms with van der Waals surface area (Å²) in [7, 11) is -2.32. The Morgan fingerprint density at radius 3 is 2.58 bits per heavy atom. The van der Waals surface area contributed by atoms with E-state index in [2.05, 4.69) is 20.4 Å². The summed E-state index contributed by atoms with van der Waals surface area (Å²) in [6.07, 6.45) is 0. The lowest BCUT2D eigenvalue weighted by atomic mass is 10.2. The zero-order valence-electron chi connectivity index (χ0n) is 18.9. The molecule has 12 heteroatoms. The van der Waals surface area contributed by atoms with Crippen molar-refractivity contribution in [3.05, 3.63) is 47.1 Å². The van der Waals surface area contributed by atoms with Crippen LogP contribution in [-0.4, -0.2) is 48.6 Å². The Hall–Kier alpha value is -2.72. The van der Waals surface area contributed by atoms with Crippen LogP contribution in [0.1, 0.15) is 37.9 Å². The highest BCUT2D eigenvalue weighted by atomic mass is 32.1. The molecule has 0 saturated carbocycles. The van der Waals surface area contributed by atoms with Gasteiger partial charge in [-0.25, -0.2) is 9.78 Å². The maximum atomic E-state index is 13.8. The molecule has 0 aliphatic rings. The second-order valence-corrected chi connectivity index (χ2v) is 9.59. The fourth-order valence-corrected chi connectivity index (χ4v) is 5.83. The number of nitrogens with one attached hydrogen (secondary N) is 2. The molecular formula is C21H27N4O6PS. The lowest BCUT2D eigenvalue weighted by molar-refractivity contribution is -0.135. The molecule has 2 aromatic heterocycles. The van der Waals surface area contributed by atoms with Crippen LogP contribution in [0.5, 0.6) is 0 Å². The molecule has 1 unspecified atom stereocenters. The third kappa shape index (κ3) is 5.80. The van der Waals surface area contributed by atoms with Crippen LogP contribution in [0.3, 0.4) is 0 Å². The van der Waals surface area contributed by atoms with E-state index in [-0.39, 0.29) is 31.2 Å². The van der Waals surface area contributed by atoms with Gasteiger partial charge in [0.2, 0.25) is 5.71 Å². The monoisotopic (exact) mass is 494 g/mol. The van der Waals surface area contributed by atoms with Crippen molar-refractivity contribution in [2.24, 2.45) is 5.16 Å². The maximum absolute atomic E-state index is 13.8. The minimum Gasteiger partial charge on any atom is -0.461 e. The number of anilines is 1. The Morgan fingerprint density at radius 1 is 1.21 bits per heavy atom. The van der Waals surface area contributed by atoms with Gasteiger partial charge in [0, 0.05) is 10.9 Å². The molecule has 0 bridgehead atoms. The van der Waals surface area contributed by atoms with Gasteiger partial charge in [-0.3, -0.25) is 4.57 Å². The molecule has 2 heterocycles. The number of H-pyrrole nitrogens is 1. The summed E-state index contributed by atoms with van der Waals surface area (Å²) in [5, 5.41) is 9.89. The highest BCUT2D eigenvalue weighted by molar-refractivity contribution is 7.54. The summed E-state index contributed by atoms with van der Waals surface area (Å²) in [6.45, 7) is 5.79. The van der Waals surface area contributed by atoms with Crippen LogP contribution in [0, 0.1) is 0 Å². The molecule has 0 amide bonds. The summed E-state index contributed by atoms with van der Waals surface area (Å²) in [5.41, 5.74) is 1.70. The van der Waals surface area contributed by atoms with E-state index < -0.39 is 19.3 Å². The molecule has 3 rings (SSSR count). The largest absolute Gasteiger partial charge is 0.461 e. The lowest BCUT2D eigenvalue weighted by Crippen LogP contribution is -2.20. The normalized spacial score (nSPS) is 13.2. The number of para-hydroxylation sites is 1. The number of carbonyl (C=O) groups excluding carboxylic acids is 1. The molecule has 10 nitrogen and oxygen atoms in total. The quantitative estimate of drug-likeness (QED) is 0.157. The molecule has 1 atom stereocenters. The van der Waals surface area contributed by atoms with Gasteiger partial charge >= 0.3 is 13.6 Å². The predicted octanol–water partition coefficient (Wildman–Crippen LogP) is 4.91. The Bertz CT molecular complexity index is 1120. The van der Waals surface area contributed by atoms with E-state index in [1.165, 1.54) is 18.4 Å². The number of thiazole rings is 1. The number of esters is 1. The number of hydrogen-bond donors (Lipinski definition) is 2. The number of aromatic amines is 1. The Morgan fingerprint density at radius 2 is 1.94 bits per heavy atom.